The van der Waals surface area contributed by atoms with Crippen LogP contribution in [-0.4, -0.2) is 48.5 Å². The standard InChI is InChI=1S/C19H20ClN5O6/c20-17-16-11(9-30-8-10-3-1-2-4-12(10)25(28)29)6-24(18(16)23-19(21)22-17)15-5-13(27)14(7-26)31-15/h1-4,6,13-15,26-27H,5,7-9H2,(H2,21,22,23)/t13?,14-,15-/m1/s1. The Balaban J connectivity index is 1.62. The van der Waals surface area contributed by atoms with Crippen LogP contribution in [0.1, 0.15) is 23.8 Å². The van der Waals surface area contributed by atoms with Crippen LogP contribution in [0.5, 0.6) is 0 Å². The normalized spacial score (nSPS) is 21.1. The zero-order valence-corrected chi connectivity index (χ0v) is 17.0. The molecule has 1 aliphatic heterocycles. The summed E-state index contributed by atoms with van der Waals surface area (Å²) in [6.07, 6.45) is -0.186. The fourth-order valence-corrected chi connectivity index (χ4v) is 3.95. The number of ether oxygens (including phenoxy) is 2. The predicted molar refractivity (Wildman–Crippen MR) is 110 cm³/mol. The van der Waals surface area contributed by atoms with Gasteiger partial charge < -0.3 is 30.0 Å². The van der Waals surface area contributed by atoms with Crippen molar-refractivity contribution in [2.45, 2.75) is 38.1 Å². The van der Waals surface area contributed by atoms with E-state index in [0.717, 1.165) is 0 Å². The maximum Gasteiger partial charge on any atom is 0.274 e. The molecule has 3 heterocycles. The SMILES string of the molecule is Nc1nc(Cl)c2c(COCc3ccccc3[N+](=O)[O-])cn([C@H]3CC(O)[C@@H](CO)O3)c2n1. The van der Waals surface area contributed by atoms with E-state index < -0.39 is 23.4 Å². The molecule has 3 aromatic rings. The third-order valence-electron chi connectivity index (χ3n) is 5.12. The van der Waals surface area contributed by atoms with Crippen molar-refractivity contribution in [2.24, 2.45) is 0 Å². The Morgan fingerprint density at radius 2 is 2.06 bits per heavy atom. The number of hydrogen-bond acceptors (Lipinski definition) is 9. The van der Waals surface area contributed by atoms with Gasteiger partial charge in [-0.3, -0.25) is 10.1 Å². The first-order chi connectivity index (χ1) is 14.9. The molecule has 0 saturated carbocycles. The fourth-order valence-electron chi connectivity index (χ4n) is 3.66. The summed E-state index contributed by atoms with van der Waals surface area (Å²) >= 11 is 6.32. The molecule has 164 valence electrons. The Kier molecular flexibility index (Phi) is 6.03. The molecule has 1 fully saturated rings. The highest BCUT2D eigenvalue weighted by Gasteiger charge is 2.35. The largest absolute Gasteiger partial charge is 0.394 e. The lowest BCUT2D eigenvalue weighted by Crippen LogP contribution is -2.24. The van der Waals surface area contributed by atoms with Gasteiger partial charge in [-0.1, -0.05) is 23.7 Å². The second-order valence-corrected chi connectivity index (χ2v) is 7.48. The fraction of sp³-hybridized carbons (Fsp3) is 0.368. The maximum absolute atomic E-state index is 11.2. The maximum atomic E-state index is 11.2. The van der Waals surface area contributed by atoms with E-state index in [1.54, 1.807) is 29.0 Å². The van der Waals surface area contributed by atoms with Gasteiger partial charge in [0.05, 0.1) is 41.8 Å². The number of hydrogen-bond donors (Lipinski definition) is 3. The van der Waals surface area contributed by atoms with Gasteiger partial charge >= 0.3 is 0 Å². The summed E-state index contributed by atoms with van der Waals surface area (Å²) in [5.41, 5.74) is 7.20. The number of aliphatic hydroxyl groups excluding tert-OH is 2. The van der Waals surface area contributed by atoms with Gasteiger partial charge in [0.15, 0.2) is 0 Å². The molecular weight excluding hydrogens is 430 g/mol. The Morgan fingerprint density at radius 3 is 2.77 bits per heavy atom. The van der Waals surface area contributed by atoms with Gasteiger partial charge in [0.25, 0.3) is 5.69 Å². The second kappa shape index (κ2) is 8.73. The number of nitro benzene ring substituents is 1. The molecule has 4 N–H and O–H groups in total. The number of rotatable bonds is 7. The second-order valence-electron chi connectivity index (χ2n) is 7.13. The van der Waals surface area contributed by atoms with Crippen LogP contribution in [0.15, 0.2) is 30.5 Å². The van der Waals surface area contributed by atoms with Crippen LogP contribution in [0.2, 0.25) is 5.15 Å². The van der Waals surface area contributed by atoms with Crippen LogP contribution in [0.4, 0.5) is 11.6 Å². The van der Waals surface area contributed by atoms with Gasteiger partial charge in [-0.2, -0.15) is 4.98 Å². The average molecular weight is 450 g/mol. The third kappa shape index (κ3) is 4.18. The number of halogens is 1. The highest BCUT2D eigenvalue weighted by Crippen LogP contribution is 2.35. The Bertz CT molecular complexity index is 1120. The molecule has 1 unspecified atom stereocenters. The first-order valence-corrected chi connectivity index (χ1v) is 9.83. The highest BCUT2D eigenvalue weighted by atomic mass is 35.5. The molecule has 4 rings (SSSR count). The number of aromatic nitrogens is 3. The molecular formula is C19H20ClN5O6. The number of para-hydroxylation sites is 1. The summed E-state index contributed by atoms with van der Waals surface area (Å²) in [5.74, 6) is -0.0264. The van der Waals surface area contributed by atoms with Gasteiger partial charge in [-0.15, -0.1) is 0 Å². The molecule has 0 bridgehead atoms. The van der Waals surface area contributed by atoms with Gasteiger partial charge in [0.2, 0.25) is 5.95 Å². The predicted octanol–water partition coefficient (Wildman–Crippen LogP) is 1.93. The van der Waals surface area contributed by atoms with Crippen molar-refractivity contribution >= 4 is 34.3 Å². The number of nitrogen functional groups attached to an aromatic ring is 1. The van der Waals surface area contributed by atoms with E-state index in [1.165, 1.54) is 6.07 Å². The minimum atomic E-state index is -0.833. The van der Waals surface area contributed by atoms with Crippen molar-refractivity contribution in [1.29, 1.82) is 0 Å². The Labute approximate surface area is 181 Å². The zero-order valence-electron chi connectivity index (χ0n) is 16.2. The van der Waals surface area contributed by atoms with Crippen LogP contribution < -0.4 is 5.73 Å². The van der Waals surface area contributed by atoms with Crippen LogP contribution in [0.25, 0.3) is 11.0 Å². The lowest BCUT2D eigenvalue weighted by molar-refractivity contribution is -0.386. The van der Waals surface area contributed by atoms with Crippen molar-refractivity contribution in [3.05, 3.63) is 56.9 Å². The molecule has 0 aliphatic carbocycles. The van der Waals surface area contributed by atoms with Crippen molar-refractivity contribution in [2.75, 3.05) is 12.3 Å². The molecule has 1 saturated heterocycles. The van der Waals surface area contributed by atoms with Crippen molar-refractivity contribution in [3.8, 4) is 0 Å². The molecule has 3 atom stereocenters. The van der Waals surface area contributed by atoms with Crippen LogP contribution >= 0.6 is 11.6 Å². The number of anilines is 1. The topological polar surface area (TPSA) is 159 Å². The molecule has 0 amide bonds. The minimum absolute atomic E-state index is 0.0164. The van der Waals surface area contributed by atoms with Crippen molar-refractivity contribution in [1.82, 2.24) is 14.5 Å². The first-order valence-electron chi connectivity index (χ1n) is 9.46. The number of aliphatic hydroxyl groups is 2. The molecule has 11 nitrogen and oxygen atoms in total. The lowest BCUT2D eigenvalue weighted by Gasteiger charge is -2.14. The summed E-state index contributed by atoms with van der Waals surface area (Å²) < 4.78 is 13.1. The van der Waals surface area contributed by atoms with E-state index >= 15 is 0 Å². The molecule has 2 aromatic heterocycles. The summed E-state index contributed by atoms with van der Waals surface area (Å²) in [4.78, 5) is 19.0. The van der Waals surface area contributed by atoms with Gasteiger partial charge in [0.1, 0.15) is 23.1 Å². The Morgan fingerprint density at radius 1 is 1.32 bits per heavy atom. The average Bonchev–Trinajstić information content (AvgIpc) is 3.28. The van der Waals surface area contributed by atoms with E-state index in [2.05, 4.69) is 9.97 Å². The van der Waals surface area contributed by atoms with Crippen LogP contribution in [0, 0.1) is 10.1 Å². The van der Waals surface area contributed by atoms with E-state index in [9.17, 15) is 20.3 Å². The summed E-state index contributed by atoms with van der Waals surface area (Å²) in [6.45, 7) is -0.232. The monoisotopic (exact) mass is 449 g/mol. The number of nitro groups is 1. The summed E-state index contributed by atoms with van der Waals surface area (Å²) in [5, 5.41) is 31.3. The zero-order chi connectivity index (χ0) is 22.1. The lowest BCUT2D eigenvalue weighted by atomic mass is 10.2. The Hall–Kier alpha value is -2.83. The van der Waals surface area contributed by atoms with Gasteiger partial charge in [-0.05, 0) is 6.07 Å². The highest BCUT2D eigenvalue weighted by molar-refractivity contribution is 6.34. The van der Waals surface area contributed by atoms with E-state index in [4.69, 9.17) is 26.8 Å². The van der Waals surface area contributed by atoms with Crippen molar-refractivity contribution in [3.63, 3.8) is 0 Å². The molecule has 12 heteroatoms. The first kappa shape index (κ1) is 21.4. The number of fused-ring (bicyclic) bond motifs is 1. The van der Waals surface area contributed by atoms with E-state index in [0.29, 0.717) is 22.2 Å². The number of benzene rings is 1. The number of nitrogens with two attached hydrogens (primary N) is 1. The molecule has 31 heavy (non-hydrogen) atoms. The van der Waals surface area contributed by atoms with E-state index in [-0.39, 0.29) is 43.0 Å². The van der Waals surface area contributed by atoms with Gasteiger partial charge in [0, 0.05) is 24.2 Å². The quantitative estimate of drug-likeness (QED) is 0.278. The summed E-state index contributed by atoms with van der Waals surface area (Å²) in [7, 11) is 0. The van der Waals surface area contributed by atoms with E-state index in [1.807, 2.05) is 0 Å². The molecule has 1 aliphatic rings. The third-order valence-corrected chi connectivity index (χ3v) is 5.39. The smallest absolute Gasteiger partial charge is 0.274 e. The number of nitrogens with zero attached hydrogens (tertiary/aromatic N) is 4. The van der Waals surface area contributed by atoms with Crippen LogP contribution in [0.3, 0.4) is 0 Å². The molecule has 0 spiro atoms. The van der Waals surface area contributed by atoms with Crippen molar-refractivity contribution < 1.29 is 24.6 Å². The van der Waals surface area contributed by atoms with Gasteiger partial charge in [-0.25, -0.2) is 4.98 Å². The molecule has 1 aromatic carbocycles. The van der Waals surface area contributed by atoms with Crippen LogP contribution in [-0.2, 0) is 22.7 Å². The summed E-state index contributed by atoms with van der Waals surface area (Å²) in [6, 6.07) is 6.33. The molecule has 0 radical (unpaired) electrons. The minimum Gasteiger partial charge on any atom is -0.394 e.